The molecule has 1 fully saturated rings. The molecule has 1 amide bonds. The van der Waals surface area contributed by atoms with Gasteiger partial charge >= 0.3 is 6.09 Å². The summed E-state index contributed by atoms with van der Waals surface area (Å²) in [5.41, 5.74) is 3.21. The average molecular weight is 684 g/mol. The SMILES string of the molecule is Cc1ccc(S(=O)(=O)n2cc(-c3cncc(N[C@@H]4CCCN(C(=O)OC(C)(C)C)C4)n3)c3cc(-c4cncc(OC(C)C)n4)ccc32)cc1. The molecule has 1 N–H and O–H groups in total. The molecular weight excluding hydrogens is 643 g/mol. The van der Waals surface area contributed by atoms with Crippen molar-refractivity contribution < 1.29 is 22.7 Å². The van der Waals surface area contributed by atoms with Crippen LogP contribution < -0.4 is 10.1 Å². The first kappa shape index (κ1) is 33.8. The Hall–Kier alpha value is -5.04. The Kier molecular flexibility index (Phi) is 9.30. The molecule has 13 heteroatoms. The highest BCUT2D eigenvalue weighted by molar-refractivity contribution is 7.90. The van der Waals surface area contributed by atoms with Crippen LogP contribution in [0.2, 0.25) is 0 Å². The standard InChI is InChI=1S/C36H41N7O5S/c1-23(2)47-34-20-38-17-30(41-34)25-11-14-32-28(16-25)29(22-43(32)49(45,46)27-12-9-24(3)10-13-27)31-18-37-19-33(40-31)39-26-8-7-15-42(21-26)35(44)48-36(4,5)6/h9-14,16-20,22-23,26H,7-8,15,21H2,1-6H3,(H,39,40)/t26-/m1/s1. The van der Waals surface area contributed by atoms with Gasteiger partial charge in [-0.05, 0) is 78.6 Å². The Bertz CT molecular complexity index is 2090. The zero-order chi connectivity index (χ0) is 34.9. The normalized spacial score (nSPS) is 15.4. The van der Waals surface area contributed by atoms with E-state index < -0.39 is 15.6 Å². The summed E-state index contributed by atoms with van der Waals surface area (Å²) in [6.07, 6.45) is 9.25. The summed E-state index contributed by atoms with van der Waals surface area (Å²) in [4.78, 5) is 32.9. The van der Waals surface area contributed by atoms with Crippen LogP contribution in [0.1, 0.15) is 53.0 Å². The first-order valence-corrected chi connectivity index (χ1v) is 17.7. The molecule has 0 saturated carbocycles. The van der Waals surface area contributed by atoms with Gasteiger partial charge in [0.1, 0.15) is 11.4 Å². The number of nitrogens with zero attached hydrogens (tertiary/aromatic N) is 6. The van der Waals surface area contributed by atoms with Gasteiger partial charge < -0.3 is 19.7 Å². The fraction of sp³-hybridized carbons (Fsp3) is 0.361. The zero-order valence-electron chi connectivity index (χ0n) is 28.5. The molecule has 0 unspecified atom stereocenters. The number of aryl methyl sites for hydroxylation is 1. The maximum atomic E-state index is 14.0. The second-order valence-electron chi connectivity index (χ2n) is 13.5. The number of carbonyl (C=O) groups is 1. The monoisotopic (exact) mass is 683 g/mol. The molecule has 2 aromatic carbocycles. The first-order valence-electron chi connectivity index (χ1n) is 16.3. The topological polar surface area (TPSA) is 141 Å². The van der Waals surface area contributed by atoms with Crippen LogP contribution in [-0.4, -0.2) is 74.2 Å². The van der Waals surface area contributed by atoms with Crippen LogP contribution in [0, 0.1) is 6.92 Å². The Labute approximate surface area is 286 Å². The van der Waals surface area contributed by atoms with E-state index in [9.17, 15) is 13.2 Å². The number of carbonyl (C=O) groups excluding carboxylic acids is 1. The van der Waals surface area contributed by atoms with E-state index in [4.69, 9.17) is 14.5 Å². The van der Waals surface area contributed by atoms with Crippen LogP contribution >= 0.6 is 0 Å². The Morgan fingerprint density at radius 2 is 1.71 bits per heavy atom. The third kappa shape index (κ3) is 7.67. The molecule has 1 aliphatic heterocycles. The lowest BCUT2D eigenvalue weighted by Crippen LogP contribution is -2.47. The summed E-state index contributed by atoms with van der Waals surface area (Å²) in [7, 11) is -3.97. The van der Waals surface area contributed by atoms with E-state index in [1.165, 1.54) is 3.97 Å². The highest BCUT2D eigenvalue weighted by Crippen LogP contribution is 2.35. The summed E-state index contributed by atoms with van der Waals surface area (Å²) in [5.74, 6) is 0.904. The predicted molar refractivity (Wildman–Crippen MR) is 188 cm³/mol. The lowest BCUT2D eigenvalue weighted by molar-refractivity contribution is 0.0206. The van der Waals surface area contributed by atoms with Crippen LogP contribution in [0.3, 0.4) is 0 Å². The number of piperidine rings is 1. The maximum Gasteiger partial charge on any atom is 0.410 e. The van der Waals surface area contributed by atoms with E-state index in [0.29, 0.717) is 52.6 Å². The Morgan fingerprint density at radius 3 is 2.45 bits per heavy atom. The minimum atomic E-state index is -3.97. The molecule has 49 heavy (non-hydrogen) atoms. The molecule has 1 saturated heterocycles. The van der Waals surface area contributed by atoms with E-state index >= 15 is 0 Å². The number of hydrogen-bond donors (Lipinski definition) is 1. The summed E-state index contributed by atoms with van der Waals surface area (Å²) < 4.78 is 40.7. The number of anilines is 1. The van der Waals surface area contributed by atoms with Crippen molar-refractivity contribution in [1.82, 2.24) is 28.8 Å². The van der Waals surface area contributed by atoms with Crippen molar-refractivity contribution in [2.24, 2.45) is 0 Å². The number of aromatic nitrogens is 5. The van der Waals surface area contributed by atoms with Gasteiger partial charge in [0.15, 0.2) is 0 Å². The highest BCUT2D eigenvalue weighted by Gasteiger charge is 2.28. The number of benzene rings is 2. The van der Waals surface area contributed by atoms with Crippen molar-refractivity contribution in [3.8, 4) is 28.4 Å². The van der Waals surface area contributed by atoms with E-state index in [-0.39, 0.29) is 23.1 Å². The third-order valence-electron chi connectivity index (χ3n) is 7.95. The van der Waals surface area contributed by atoms with Crippen LogP contribution in [0.15, 0.2) is 78.3 Å². The third-order valence-corrected chi connectivity index (χ3v) is 9.64. The van der Waals surface area contributed by atoms with Crippen LogP contribution in [0.25, 0.3) is 33.4 Å². The number of nitrogens with one attached hydrogen (secondary N) is 1. The van der Waals surface area contributed by atoms with Gasteiger partial charge in [0, 0.05) is 41.8 Å². The number of hydrogen-bond acceptors (Lipinski definition) is 10. The van der Waals surface area contributed by atoms with E-state index in [1.54, 1.807) is 66.2 Å². The van der Waals surface area contributed by atoms with Crippen LogP contribution in [0.5, 0.6) is 5.88 Å². The minimum absolute atomic E-state index is 0.0698. The number of likely N-dealkylation sites (tertiary alicyclic amines) is 1. The second kappa shape index (κ2) is 13.5. The number of amides is 1. The Morgan fingerprint density at radius 1 is 0.980 bits per heavy atom. The number of rotatable bonds is 8. The van der Waals surface area contributed by atoms with Gasteiger partial charge in [0.05, 0.1) is 52.7 Å². The fourth-order valence-corrected chi connectivity index (χ4v) is 7.10. The highest BCUT2D eigenvalue weighted by atomic mass is 32.2. The molecule has 5 aromatic rings. The summed E-state index contributed by atoms with van der Waals surface area (Å²) >= 11 is 0. The van der Waals surface area contributed by atoms with E-state index in [0.717, 1.165) is 24.0 Å². The van der Waals surface area contributed by atoms with Gasteiger partial charge in [0.2, 0.25) is 5.88 Å². The molecule has 1 atom stereocenters. The number of ether oxygens (including phenoxy) is 2. The molecule has 256 valence electrons. The lowest BCUT2D eigenvalue weighted by atomic mass is 10.1. The molecule has 1 aliphatic rings. The molecule has 0 radical (unpaired) electrons. The molecular formula is C36H41N7O5S. The van der Waals surface area contributed by atoms with Crippen molar-refractivity contribution in [3.63, 3.8) is 0 Å². The second-order valence-corrected chi connectivity index (χ2v) is 15.3. The van der Waals surface area contributed by atoms with Crippen molar-refractivity contribution in [2.45, 2.75) is 77.0 Å². The van der Waals surface area contributed by atoms with Crippen molar-refractivity contribution >= 4 is 32.8 Å². The van der Waals surface area contributed by atoms with E-state index in [2.05, 4.69) is 20.3 Å². The molecule has 0 bridgehead atoms. The lowest BCUT2D eigenvalue weighted by Gasteiger charge is -2.34. The maximum absolute atomic E-state index is 14.0. The van der Waals surface area contributed by atoms with Gasteiger partial charge in [-0.15, -0.1) is 0 Å². The Balaban J connectivity index is 1.39. The van der Waals surface area contributed by atoms with Gasteiger partial charge in [-0.1, -0.05) is 23.8 Å². The molecule has 6 rings (SSSR count). The molecule has 0 aliphatic carbocycles. The van der Waals surface area contributed by atoms with Crippen LogP contribution in [0.4, 0.5) is 10.6 Å². The average Bonchev–Trinajstić information content (AvgIpc) is 3.44. The van der Waals surface area contributed by atoms with Crippen molar-refractivity contribution in [3.05, 3.63) is 79.0 Å². The van der Waals surface area contributed by atoms with Gasteiger partial charge in [-0.3, -0.25) is 9.97 Å². The number of fused-ring (bicyclic) bond motifs is 1. The van der Waals surface area contributed by atoms with Gasteiger partial charge in [0.25, 0.3) is 10.0 Å². The smallest absolute Gasteiger partial charge is 0.410 e. The first-order chi connectivity index (χ1) is 23.3. The van der Waals surface area contributed by atoms with Gasteiger partial charge in [-0.2, -0.15) is 0 Å². The largest absolute Gasteiger partial charge is 0.474 e. The molecule has 3 aromatic heterocycles. The van der Waals surface area contributed by atoms with Crippen molar-refractivity contribution in [1.29, 1.82) is 0 Å². The summed E-state index contributed by atoms with van der Waals surface area (Å²) in [6, 6.07) is 12.2. The zero-order valence-corrected chi connectivity index (χ0v) is 29.4. The van der Waals surface area contributed by atoms with Crippen LogP contribution in [-0.2, 0) is 14.8 Å². The fourth-order valence-electron chi connectivity index (χ4n) is 5.73. The minimum Gasteiger partial charge on any atom is -0.474 e. The quantitative estimate of drug-likeness (QED) is 0.188. The molecule has 12 nitrogen and oxygen atoms in total. The summed E-state index contributed by atoms with van der Waals surface area (Å²) in [6.45, 7) is 12.4. The molecule has 4 heterocycles. The predicted octanol–water partition coefficient (Wildman–Crippen LogP) is 6.70. The van der Waals surface area contributed by atoms with Crippen molar-refractivity contribution in [2.75, 3.05) is 18.4 Å². The summed E-state index contributed by atoms with van der Waals surface area (Å²) in [5, 5.41) is 4.08. The van der Waals surface area contributed by atoms with Gasteiger partial charge in [-0.25, -0.2) is 27.2 Å². The van der Waals surface area contributed by atoms with E-state index in [1.807, 2.05) is 53.7 Å². The molecule has 0 spiro atoms.